The second kappa shape index (κ2) is 7.52. The topological polar surface area (TPSA) is 58.6 Å². The molecule has 0 atom stereocenters. The number of aromatic nitrogens is 2. The van der Waals surface area contributed by atoms with Crippen LogP contribution in [-0.2, 0) is 4.74 Å². The predicted molar refractivity (Wildman–Crippen MR) is 75.9 cm³/mol. The van der Waals surface area contributed by atoms with Crippen molar-refractivity contribution >= 4 is 17.5 Å². The SMILES string of the molecule is COCCN1CCCN(C(=O)c2ccc(Cl)nn2)CC1. The molecule has 1 aliphatic rings. The lowest BCUT2D eigenvalue weighted by Gasteiger charge is -2.21. The fraction of sp³-hybridized carbons (Fsp3) is 0.615. The molecule has 110 valence electrons. The van der Waals surface area contributed by atoms with Crippen LogP contribution in [0.4, 0.5) is 0 Å². The van der Waals surface area contributed by atoms with Gasteiger partial charge in [-0.25, -0.2) is 0 Å². The van der Waals surface area contributed by atoms with E-state index in [9.17, 15) is 4.79 Å². The molecular weight excluding hydrogens is 280 g/mol. The molecule has 0 bridgehead atoms. The zero-order valence-corrected chi connectivity index (χ0v) is 12.3. The average molecular weight is 299 g/mol. The first-order chi connectivity index (χ1) is 9.70. The Balaban J connectivity index is 1.92. The lowest BCUT2D eigenvalue weighted by molar-refractivity contribution is 0.0752. The van der Waals surface area contributed by atoms with Crippen molar-refractivity contribution in [2.24, 2.45) is 0 Å². The van der Waals surface area contributed by atoms with E-state index < -0.39 is 0 Å². The molecule has 1 fully saturated rings. The Bertz CT molecular complexity index is 441. The highest BCUT2D eigenvalue weighted by Gasteiger charge is 2.21. The zero-order valence-electron chi connectivity index (χ0n) is 11.6. The Morgan fingerprint density at radius 1 is 1.30 bits per heavy atom. The lowest BCUT2D eigenvalue weighted by Crippen LogP contribution is -2.36. The first-order valence-corrected chi connectivity index (χ1v) is 7.08. The van der Waals surface area contributed by atoms with Gasteiger partial charge in [-0.05, 0) is 25.1 Å². The maximum atomic E-state index is 12.3. The maximum Gasteiger partial charge on any atom is 0.274 e. The monoisotopic (exact) mass is 298 g/mol. The molecule has 0 aromatic carbocycles. The van der Waals surface area contributed by atoms with Gasteiger partial charge in [0.15, 0.2) is 10.8 Å². The minimum absolute atomic E-state index is 0.0808. The first-order valence-electron chi connectivity index (χ1n) is 6.70. The summed E-state index contributed by atoms with van der Waals surface area (Å²) in [5.74, 6) is -0.0808. The van der Waals surface area contributed by atoms with Crippen LogP contribution in [0.5, 0.6) is 0 Å². The molecule has 0 saturated carbocycles. The number of amides is 1. The minimum atomic E-state index is -0.0808. The van der Waals surface area contributed by atoms with E-state index in [-0.39, 0.29) is 5.91 Å². The molecule has 0 unspecified atom stereocenters. The molecule has 0 N–H and O–H groups in total. The molecular formula is C13H19ClN4O2. The van der Waals surface area contributed by atoms with Crippen LogP contribution in [0.1, 0.15) is 16.9 Å². The van der Waals surface area contributed by atoms with E-state index in [1.54, 1.807) is 19.2 Å². The van der Waals surface area contributed by atoms with E-state index in [1.165, 1.54) is 0 Å². The van der Waals surface area contributed by atoms with Gasteiger partial charge in [0.1, 0.15) is 0 Å². The Labute approximate surface area is 123 Å². The highest BCUT2D eigenvalue weighted by atomic mass is 35.5. The number of nitrogens with zero attached hydrogens (tertiary/aromatic N) is 4. The minimum Gasteiger partial charge on any atom is -0.383 e. The summed E-state index contributed by atoms with van der Waals surface area (Å²) >= 11 is 5.68. The summed E-state index contributed by atoms with van der Waals surface area (Å²) in [5, 5.41) is 7.86. The van der Waals surface area contributed by atoms with Crippen LogP contribution in [-0.4, -0.2) is 72.3 Å². The van der Waals surface area contributed by atoms with Crippen LogP contribution < -0.4 is 0 Å². The van der Waals surface area contributed by atoms with Crippen molar-refractivity contribution in [2.75, 3.05) is 46.4 Å². The van der Waals surface area contributed by atoms with Gasteiger partial charge in [0.05, 0.1) is 6.61 Å². The number of carbonyl (C=O) groups is 1. The van der Waals surface area contributed by atoms with Crippen molar-refractivity contribution in [3.63, 3.8) is 0 Å². The Morgan fingerprint density at radius 3 is 2.85 bits per heavy atom. The van der Waals surface area contributed by atoms with E-state index in [2.05, 4.69) is 15.1 Å². The number of hydrogen-bond donors (Lipinski definition) is 0. The van der Waals surface area contributed by atoms with Gasteiger partial charge in [-0.3, -0.25) is 9.69 Å². The molecule has 2 heterocycles. The van der Waals surface area contributed by atoms with Crippen LogP contribution in [0.15, 0.2) is 12.1 Å². The predicted octanol–water partition coefficient (Wildman–Crippen LogP) is 0.924. The molecule has 6 nitrogen and oxygen atoms in total. The number of methoxy groups -OCH3 is 1. The van der Waals surface area contributed by atoms with Crippen molar-refractivity contribution in [2.45, 2.75) is 6.42 Å². The number of halogens is 1. The van der Waals surface area contributed by atoms with E-state index in [0.29, 0.717) is 17.4 Å². The van der Waals surface area contributed by atoms with Gasteiger partial charge < -0.3 is 9.64 Å². The Kier molecular flexibility index (Phi) is 5.70. The molecule has 7 heteroatoms. The molecule has 0 radical (unpaired) electrons. The second-order valence-electron chi connectivity index (χ2n) is 4.72. The smallest absolute Gasteiger partial charge is 0.274 e. The maximum absolute atomic E-state index is 12.3. The van der Waals surface area contributed by atoms with Crippen molar-refractivity contribution in [3.8, 4) is 0 Å². The molecule has 1 aromatic rings. The number of rotatable bonds is 4. The van der Waals surface area contributed by atoms with Crippen molar-refractivity contribution in [1.82, 2.24) is 20.0 Å². The quantitative estimate of drug-likeness (QED) is 0.827. The largest absolute Gasteiger partial charge is 0.383 e. The molecule has 20 heavy (non-hydrogen) atoms. The number of hydrogen-bond acceptors (Lipinski definition) is 5. The van der Waals surface area contributed by atoms with Gasteiger partial charge >= 0.3 is 0 Å². The van der Waals surface area contributed by atoms with Gasteiger partial charge in [0.2, 0.25) is 0 Å². The van der Waals surface area contributed by atoms with Gasteiger partial charge in [0.25, 0.3) is 5.91 Å². The van der Waals surface area contributed by atoms with Crippen LogP contribution in [0, 0.1) is 0 Å². The fourth-order valence-corrected chi connectivity index (χ4v) is 2.31. The van der Waals surface area contributed by atoms with Crippen LogP contribution in [0.3, 0.4) is 0 Å². The third-order valence-corrected chi connectivity index (χ3v) is 3.54. The van der Waals surface area contributed by atoms with Crippen LogP contribution in [0.2, 0.25) is 5.15 Å². The molecule has 1 saturated heterocycles. The normalized spacial score (nSPS) is 17.0. The fourth-order valence-electron chi connectivity index (χ4n) is 2.21. The third-order valence-electron chi connectivity index (χ3n) is 3.34. The molecule has 2 rings (SSSR count). The van der Waals surface area contributed by atoms with Crippen molar-refractivity contribution in [3.05, 3.63) is 23.0 Å². The zero-order chi connectivity index (χ0) is 14.4. The molecule has 0 spiro atoms. The summed E-state index contributed by atoms with van der Waals surface area (Å²) in [6, 6.07) is 3.20. The number of ether oxygens (including phenoxy) is 1. The van der Waals surface area contributed by atoms with Gasteiger partial charge in [0, 0.05) is 33.3 Å². The van der Waals surface area contributed by atoms with Gasteiger partial charge in [-0.1, -0.05) is 11.6 Å². The summed E-state index contributed by atoms with van der Waals surface area (Å²) in [6.45, 7) is 4.91. The van der Waals surface area contributed by atoms with Gasteiger partial charge in [-0.15, -0.1) is 10.2 Å². The van der Waals surface area contributed by atoms with Crippen molar-refractivity contribution < 1.29 is 9.53 Å². The Hall–Kier alpha value is -1.24. The summed E-state index contributed by atoms with van der Waals surface area (Å²) in [4.78, 5) is 16.5. The van der Waals surface area contributed by atoms with Crippen LogP contribution in [0.25, 0.3) is 0 Å². The van der Waals surface area contributed by atoms with Crippen molar-refractivity contribution in [1.29, 1.82) is 0 Å². The highest BCUT2D eigenvalue weighted by molar-refractivity contribution is 6.29. The van der Waals surface area contributed by atoms with E-state index in [1.807, 2.05) is 4.90 Å². The standard InChI is InChI=1S/C13H19ClN4O2/c1-20-10-9-17-5-2-6-18(8-7-17)13(19)11-3-4-12(14)16-15-11/h3-4H,2,5-10H2,1H3. The third kappa shape index (κ3) is 4.13. The van der Waals surface area contributed by atoms with Crippen LogP contribution >= 0.6 is 11.6 Å². The molecule has 1 aliphatic heterocycles. The van der Waals surface area contributed by atoms with Gasteiger partial charge in [-0.2, -0.15) is 0 Å². The number of carbonyl (C=O) groups excluding carboxylic acids is 1. The Morgan fingerprint density at radius 2 is 2.15 bits per heavy atom. The van der Waals surface area contributed by atoms with E-state index in [4.69, 9.17) is 16.3 Å². The molecule has 1 aromatic heterocycles. The lowest BCUT2D eigenvalue weighted by atomic mass is 10.3. The summed E-state index contributed by atoms with van der Waals surface area (Å²) < 4.78 is 5.09. The molecule has 1 amide bonds. The van der Waals surface area contributed by atoms with E-state index in [0.717, 1.165) is 39.2 Å². The average Bonchev–Trinajstić information content (AvgIpc) is 2.70. The van der Waals surface area contributed by atoms with E-state index >= 15 is 0 Å². The highest BCUT2D eigenvalue weighted by Crippen LogP contribution is 2.09. The summed E-state index contributed by atoms with van der Waals surface area (Å²) in [5.41, 5.74) is 0.347. The second-order valence-corrected chi connectivity index (χ2v) is 5.11. The molecule has 0 aliphatic carbocycles. The summed E-state index contributed by atoms with van der Waals surface area (Å²) in [7, 11) is 1.70. The first kappa shape index (κ1) is 15.2. The summed E-state index contributed by atoms with van der Waals surface area (Å²) in [6.07, 6.45) is 0.955.